The van der Waals surface area contributed by atoms with Gasteiger partial charge in [-0.15, -0.1) is 0 Å². The van der Waals surface area contributed by atoms with Gasteiger partial charge in [-0.05, 0) is 112 Å². The summed E-state index contributed by atoms with van der Waals surface area (Å²) in [5, 5.41) is 0. The molecule has 0 bridgehead atoms. The Hall–Kier alpha value is -1.97. The van der Waals surface area contributed by atoms with Crippen molar-refractivity contribution >= 4 is 5.78 Å². The summed E-state index contributed by atoms with van der Waals surface area (Å²) in [7, 11) is 0. The number of carbonyl (C=O) groups excluding carboxylic acids is 1. The quantitative estimate of drug-likeness (QED) is 0.312. The zero-order valence-corrected chi connectivity index (χ0v) is 25.0. The molecule has 3 nitrogen and oxygen atoms in total. The van der Waals surface area contributed by atoms with Gasteiger partial charge in [-0.25, -0.2) is 0 Å². The first-order chi connectivity index (χ1) is 19.8. The zero-order chi connectivity index (χ0) is 27.1. The lowest BCUT2D eigenvalue weighted by Gasteiger charge is -2.32. The topological polar surface area (TPSA) is 23.6 Å². The SMILES string of the molecule is O=C(c1cccc(CN2CCCCC2)c1C1CCCCC1)c1cccc(CN2CCCCC2)c1C1CCCCC1. The second kappa shape index (κ2) is 13.8. The Morgan fingerprint density at radius 2 is 0.900 bits per heavy atom. The van der Waals surface area contributed by atoms with Crippen LogP contribution in [0.5, 0.6) is 0 Å². The van der Waals surface area contributed by atoms with E-state index in [4.69, 9.17) is 0 Å². The molecule has 0 atom stereocenters. The lowest BCUT2D eigenvalue weighted by atomic mass is 9.75. The van der Waals surface area contributed by atoms with Crippen LogP contribution in [0, 0.1) is 0 Å². The van der Waals surface area contributed by atoms with Crippen molar-refractivity contribution < 1.29 is 4.79 Å². The Labute approximate surface area is 243 Å². The second-order valence-electron chi connectivity index (χ2n) is 13.4. The van der Waals surface area contributed by atoms with E-state index in [0.29, 0.717) is 17.6 Å². The average molecular weight is 541 g/mol. The van der Waals surface area contributed by atoms with E-state index in [0.717, 1.165) is 24.2 Å². The highest BCUT2D eigenvalue weighted by Crippen LogP contribution is 2.41. The van der Waals surface area contributed by atoms with Gasteiger partial charge in [0.2, 0.25) is 0 Å². The van der Waals surface area contributed by atoms with Crippen LogP contribution in [0.1, 0.15) is 153 Å². The van der Waals surface area contributed by atoms with Crippen LogP contribution in [0.4, 0.5) is 0 Å². The number of rotatable bonds is 8. The van der Waals surface area contributed by atoms with E-state index in [2.05, 4.69) is 46.2 Å². The first-order valence-corrected chi connectivity index (χ1v) is 17.0. The maximum Gasteiger partial charge on any atom is 0.193 e. The fourth-order valence-electron chi connectivity index (χ4n) is 8.51. The van der Waals surface area contributed by atoms with E-state index < -0.39 is 0 Å². The van der Waals surface area contributed by atoms with Crippen molar-refractivity contribution in [2.45, 2.75) is 128 Å². The van der Waals surface area contributed by atoms with Crippen LogP contribution in [-0.2, 0) is 13.1 Å². The summed E-state index contributed by atoms with van der Waals surface area (Å²) in [5.41, 5.74) is 7.73. The fraction of sp³-hybridized carbons (Fsp3) is 0.649. The van der Waals surface area contributed by atoms with Crippen LogP contribution in [-0.4, -0.2) is 41.8 Å². The molecule has 2 aliphatic heterocycles. The smallest absolute Gasteiger partial charge is 0.193 e. The summed E-state index contributed by atoms with van der Waals surface area (Å²) in [6, 6.07) is 13.5. The molecule has 2 saturated carbocycles. The molecular formula is C37H52N2O. The highest BCUT2D eigenvalue weighted by Gasteiger charge is 2.30. The van der Waals surface area contributed by atoms with Crippen LogP contribution in [0.25, 0.3) is 0 Å². The summed E-state index contributed by atoms with van der Waals surface area (Å²) in [6.07, 6.45) is 20.8. The van der Waals surface area contributed by atoms with Crippen LogP contribution in [0.15, 0.2) is 36.4 Å². The minimum absolute atomic E-state index is 0.308. The highest BCUT2D eigenvalue weighted by atomic mass is 16.1. The van der Waals surface area contributed by atoms with Crippen molar-refractivity contribution in [3.8, 4) is 0 Å². The van der Waals surface area contributed by atoms with Gasteiger partial charge in [0.05, 0.1) is 0 Å². The van der Waals surface area contributed by atoms with Gasteiger partial charge in [0.1, 0.15) is 0 Å². The van der Waals surface area contributed by atoms with Crippen molar-refractivity contribution in [1.29, 1.82) is 0 Å². The molecule has 2 heterocycles. The van der Waals surface area contributed by atoms with Crippen LogP contribution >= 0.6 is 0 Å². The van der Waals surface area contributed by atoms with Gasteiger partial charge in [0.15, 0.2) is 5.78 Å². The summed E-state index contributed by atoms with van der Waals surface area (Å²) >= 11 is 0. The normalized spacial score (nSPS) is 22.4. The number of likely N-dealkylation sites (tertiary alicyclic amines) is 2. The maximum absolute atomic E-state index is 14.8. The minimum Gasteiger partial charge on any atom is -0.299 e. The molecule has 40 heavy (non-hydrogen) atoms. The second-order valence-corrected chi connectivity index (χ2v) is 13.4. The molecular weight excluding hydrogens is 488 g/mol. The largest absolute Gasteiger partial charge is 0.299 e. The molecule has 216 valence electrons. The molecule has 0 radical (unpaired) electrons. The Morgan fingerprint density at radius 3 is 1.30 bits per heavy atom. The molecule has 2 aliphatic carbocycles. The standard InChI is InChI=1S/C37H52N2O/c40-37(33-21-13-19-31(27-38-23-9-3-10-24-38)35(33)29-15-5-1-6-16-29)34-22-14-20-32(28-39-25-11-4-12-26-39)36(34)30-17-7-2-8-18-30/h13-14,19-22,29-30H,1-12,15-18,23-28H2. The molecule has 3 heteroatoms. The van der Waals surface area contributed by atoms with Crippen LogP contribution in [0.3, 0.4) is 0 Å². The molecule has 4 fully saturated rings. The van der Waals surface area contributed by atoms with Crippen molar-refractivity contribution in [2.24, 2.45) is 0 Å². The van der Waals surface area contributed by atoms with Gasteiger partial charge >= 0.3 is 0 Å². The fourth-order valence-corrected chi connectivity index (χ4v) is 8.51. The molecule has 0 unspecified atom stereocenters. The summed E-state index contributed by atoms with van der Waals surface area (Å²) < 4.78 is 0. The first-order valence-electron chi connectivity index (χ1n) is 17.0. The number of piperidine rings is 2. The Kier molecular flexibility index (Phi) is 9.71. The molecule has 2 aromatic carbocycles. The highest BCUT2D eigenvalue weighted by molar-refractivity contribution is 6.11. The van der Waals surface area contributed by atoms with Crippen LogP contribution < -0.4 is 0 Å². The van der Waals surface area contributed by atoms with E-state index >= 15 is 0 Å². The third kappa shape index (κ3) is 6.57. The first kappa shape index (κ1) is 28.2. The van der Waals surface area contributed by atoms with Gasteiger partial charge in [0, 0.05) is 24.2 Å². The third-order valence-corrected chi connectivity index (χ3v) is 10.6. The lowest BCUT2D eigenvalue weighted by Crippen LogP contribution is -2.30. The van der Waals surface area contributed by atoms with Crippen molar-refractivity contribution in [1.82, 2.24) is 9.80 Å². The van der Waals surface area contributed by atoms with E-state index in [1.807, 2.05) is 0 Å². The van der Waals surface area contributed by atoms with Gasteiger partial charge in [-0.3, -0.25) is 14.6 Å². The number of carbonyl (C=O) groups is 1. The van der Waals surface area contributed by atoms with Crippen molar-refractivity contribution in [2.75, 3.05) is 26.2 Å². The number of ketones is 1. The van der Waals surface area contributed by atoms with Gasteiger partial charge in [-0.2, -0.15) is 0 Å². The van der Waals surface area contributed by atoms with Crippen molar-refractivity contribution in [3.05, 3.63) is 69.8 Å². The van der Waals surface area contributed by atoms with Gasteiger partial charge in [-0.1, -0.05) is 87.8 Å². The van der Waals surface area contributed by atoms with Gasteiger partial charge in [0.25, 0.3) is 0 Å². The van der Waals surface area contributed by atoms with Gasteiger partial charge < -0.3 is 0 Å². The zero-order valence-electron chi connectivity index (χ0n) is 25.0. The molecule has 2 aromatic rings. The van der Waals surface area contributed by atoms with E-state index in [-0.39, 0.29) is 0 Å². The minimum atomic E-state index is 0.308. The molecule has 0 aromatic heterocycles. The molecule has 0 N–H and O–H groups in total. The predicted molar refractivity (Wildman–Crippen MR) is 166 cm³/mol. The van der Waals surface area contributed by atoms with E-state index in [1.54, 1.807) is 0 Å². The Bertz CT molecular complexity index is 1030. The number of hydrogen-bond acceptors (Lipinski definition) is 3. The molecule has 0 amide bonds. The van der Waals surface area contributed by atoms with Crippen molar-refractivity contribution in [3.63, 3.8) is 0 Å². The monoisotopic (exact) mass is 540 g/mol. The Balaban J connectivity index is 1.39. The molecule has 4 aliphatic rings. The number of nitrogens with zero attached hydrogens (tertiary/aromatic N) is 2. The summed E-state index contributed by atoms with van der Waals surface area (Å²) in [4.78, 5) is 20.1. The van der Waals surface area contributed by atoms with E-state index in [9.17, 15) is 4.79 Å². The van der Waals surface area contributed by atoms with E-state index in [1.165, 1.54) is 151 Å². The molecule has 2 saturated heterocycles. The third-order valence-electron chi connectivity index (χ3n) is 10.6. The molecule has 0 spiro atoms. The average Bonchev–Trinajstić information content (AvgIpc) is 3.02. The number of benzene rings is 2. The Morgan fingerprint density at radius 1 is 0.525 bits per heavy atom. The van der Waals surface area contributed by atoms with Crippen LogP contribution in [0.2, 0.25) is 0 Å². The lowest BCUT2D eigenvalue weighted by molar-refractivity contribution is 0.103. The molecule has 6 rings (SSSR count). The summed E-state index contributed by atoms with van der Waals surface area (Å²) in [6.45, 7) is 6.83. The number of hydrogen-bond donors (Lipinski definition) is 0. The summed E-state index contributed by atoms with van der Waals surface area (Å²) in [5.74, 6) is 1.37. The maximum atomic E-state index is 14.8. The predicted octanol–water partition coefficient (Wildman–Crippen LogP) is 8.98.